The van der Waals surface area contributed by atoms with Crippen LogP contribution in [-0.4, -0.2) is 16.7 Å². The summed E-state index contributed by atoms with van der Waals surface area (Å²) in [5, 5.41) is 0. The Kier molecular flexibility index (Phi) is 5.95. The van der Waals surface area contributed by atoms with Crippen molar-refractivity contribution in [2.45, 2.75) is 13.7 Å². The summed E-state index contributed by atoms with van der Waals surface area (Å²) in [6, 6.07) is 38.1. The number of pyridine rings is 2. The third-order valence-corrected chi connectivity index (χ3v) is 7.03. The van der Waals surface area contributed by atoms with E-state index in [1.807, 2.05) is 60.7 Å². The molecule has 0 atom stereocenters. The van der Waals surface area contributed by atoms with E-state index in [-0.39, 0.29) is 37.9 Å². The number of para-hydroxylation sites is 2. The zero-order chi connectivity index (χ0) is 32.8. The van der Waals surface area contributed by atoms with Crippen molar-refractivity contribution < 1.29 is 37.8 Å². The van der Waals surface area contributed by atoms with Crippen molar-refractivity contribution in [2.75, 3.05) is 0 Å². The second-order valence-corrected chi connectivity index (χ2v) is 9.62. The molecule has 0 spiro atoms. The predicted molar refractivity (Wildman–Crippen MR) is 164 cm³/mol. The van der Waals surface area contributed by atoms with Gasteiger partial charge < -0.3 is 19.4 Å². The summed E-state index contributed by atoms with van der Waals surface area (Å²) < 4.78 is 57.0. The van der Waals surface area contributed by atoms with Gasteiger partial charge >= 0.3 is 0 Å². The Balaban J connectivity index is 0.000000201. The Labute approximate surface area is 268 Å². The largest absolute Gasteiger partial charge is 0.503 e. The van der Waals surface area contributed by atoms with Crippen molar-refractivity contribution in [3.05, 3.63) is 139 Å². The van der Waals surface area contributed by atoms with Gasteiger partial charge in [-0.3, -0.25) is 0 Å². The molecular weight excluding hydrogens is 695 g/mol. The molecule has 6 aromatic rings. The monoisotopic (exact) mass is 727 g/mol. The first-order valence-corrected chi connectivity index (χ1v) is 13.1. The quantitative estimate of drug-likeness (QED) is 0.152. The molecular formula is C36H25BIrN2O2-2. The number of rotatable bonds is 2. The van der Waals surface area contributed by atoms with Gasteiger partial charge in [-0.1, -0.05) is 71.7 Å². The van der Waals surface area contributed by atoms with Crippen molar-refractivity contribution in [1.82, 2.24) is 9.97 Å². The van der Waals surface area contributed by atoms with Crippen LogP contribution in [0.3, 0.4) is 0 Å². The molecule has 4 nitrogen and oxygen atoms in total. The fourth-order valence-electron chi connectivity index (χ4n) is 5.16. The number of benzene rings is 4. The number of nitrogens with zero attached hydrogens (tertiary/aromatic N) is 2. The molecule has 8 rings (SSSR count). The summed E-state index contributed by atoms with van der Waals surface area (Å²) >= 11 is 0. The first kappa shape index (κ1) is 21.2. The van der Waals surface area contributed by atoms with Gasteiger partial charge in [0.2, 0.25) is 6.71 Å². The van der Waals surface area contributed by atoms with Crippen LogP contribution in [0.25, 0.3) is 22.5 Å². The van der Waals surface area contributed by atoms with Crippen molar-refractivity contribution in [2.24, 2.45) is 0 Å². The molecule has 0 saturated carbocycles. The minimum Gasteiger partial charge on any atom is -0.503 e. The average molecular weight is 727 g/mol. The molecule has 42 heavy (non-hydrogen) atoms. The van der Waals surface area contributed by atoms with Gasteiger partial charge in [0.25, 0.3) is 0 Å². The molecule has 2 aromatic heterocycles. The summed E-state index contributed by atoms with van der Waals surface area (Å²) in [5.74, 6) is 2.95. The van der Waals surface area contributed by atoms with Gasteiger partial charge in [-0.25, -0.2) is 0 Å². The smallest absolute Gasteiger partial charge is 0.239 e. The number of hydrogen-bond donors (Lipinski definition) is 0. The van der Waals surface area contributed by atoms with Crippen LogP contribution < -0.4 is 25.9 Å². The molecule has 0 fully saturated rings. The molecule has 2 aliphatic heterocycles. The number of ether oxygens (including phenoxy) is 2. The van der Waals surface area contributed by atoms with Gasteiger partial charge in [-0.05, 0) is 59.3 Å². The second-order valence-electron chi connectivity index (χ2n) is 9.62. The van der Waals surface area contributed by atoms with E-state index in [0.29, 0.717) is 22.8 Å². The van der Waals surface area contributed by atoms with Gasteiger partial charge in [-0.2, -0.15) is 0 Å². The van der Waals surface area contributed by atoms with Crippen LogP contribution in [0.2, 0.25) is 0 Å². The van der Waals surface area contributed by atoms with E-state index in [2.05, 4.69) is 34.2 Å². The number of aromatic nitrogens is 2. The average Bonchev–Trinajstić information content (AvgIpc) is 3.08. The molecule has 6 heteroatoms. The summed E-state index contributed by atoms with van der Waals surface area (Å²) in [5.41, 5.74) is 6.42. The molecule has 4 heterocycles. The van der Waals surface area contributed by atoms with Gasteiger partial charge in [0.1, 0.15) is 11.5 Å². The van der Waals surface area contributed by atoms with E-state index in [4.69, 9.17) is 17.7 Å². The van der Waals surface area contributed by atoms with Gasteiger partial charge in [0.05, 0.1) is 0 Å². The molecule has 2 aliphatic rings. The Morgan fingerprint density at radius 1 is 0.667 bits per heavy atom. The van der Waals surface area contributed by atoms with E-state index in [0.717, 1.165) is 39.1 Å². The first-order valence-electron chi connectivity index (χ1n) is 16.1. The third kappa shape index (κ3) is 5.16. The Hall–Kier alpha value is -4.51. The SMILES string of the molecule is [2H]C([2H])([2H])c1ccc(-c2[c-]cc3c4c2Oc2ccccc2B4c2ccccc2O3)nc1.[2H]C([2H])([2H])c1ccc(-c2[c-]cccc2)nc1.[Ir]. The van der Waals surface area contributed by atoms with Crippen LogP contribution >= 0.6 is 0 Å². The fourth-order valence-corrected chi connectivity index (χ4v) is 5.16. The number of aryl methyl sites for hydroxylation is 2. The van der Waals surface area contributed by atoms with Crippen molar-refractivity contribution >= 4 is 23.1 Å². The van der Waals surface area contributed by atoms with Gasteiger partial charge in [0.15, 0.2) is 0 Å². The van der Waals surface area contributed by atoms with Crippen LogP contribution in [0.15, 0.2) is 116 Å². The Bertz CT molecular complexity index is 2060. The van der Waals surface area contributed by atoms with Crippen molar-refractivity contribution in [1.29, 1.82) is 0 Å². The molecule has 0 aliphatic carbocycles. The van der Waals surface area contributed by atoms with E-state index in [9.17, 15) is 0 Å². The standard InChI is InChI=1S/C24H15BNO2.C12H10N.Ir/c1-15-10-12-19(26-14-15)16-11-13-22-23-24(16)28-21-9-5-3-7-18(21)25(23)17-6-2-4-8-20(17)27-22;1-10-7-8-12(13-9-10)11-5-3-2-4-6-11;/h2-10,12-14H,1H3;2-5,7-9H,1H3;/q2*-1;/i2*1D3;. The van der Waals surface area contributed by atoms with E-state index >= 15 is 0 Å². The molecule has 0 bridgehead atoms. The van der Waals surface area contributed by atoms with Crippen LogP contribution in [0.4, 0.5) is 0 Å². The Morgan fingerprint density at radius 3 is 1.93 bits per heavy atom. The summed E-state index contributed by atoms with van der Waals surface area (Å²) in [6.07, 6.45) is 2.78. The van der Waals surface area contributed by atoms with Crippen LogP contribution in [0.5, 0.6) is 23.0 Å². The van der Waals surface area contributed by atoms with Gasteiger partial charge in [-0.15, -0.1) is 48.0 Å². The van der Waals surface area contributed by atoms with Crippen LogP contribution in [0.1, 0.15) is 19.4 Å². The van der Waals surface area contributed by atoms with E-state index < -0.39 is 13.7 Å². The summed E-state index contributed by atoms with van der Waals surface area (Å²) in [4.78, 5) is 8.53. The maximum Gasteiger partial charge on any atom is 0.239 e. The van der Waals surface area contributed by atoms with Crippen molar-refractivity contribution in [3.63, 3.8) is 0 Å². The topological polar surface area (TPSA) is 44.2 Å². The zero-order valence-corrected chi connectivity index (χ0v) is 24.5. The maximum absolute atomic E-state index is 7.58. The fraction of sp³-hybridized carbons (Fsp3) is 0.0556. The summed E-state index contributed by atoms with van der Waals surface area (Å²) in [7, 11) is 0. The predicted octanol–water partition coefficient (Wildman–Crippen LogP) is 6.44. The minimum absolute atomic E-state index is 0. The molecule has 0 N–H and O–H groups in total. The second kappa shape index (κ2) is 11.8. The van der Waals surface area contributed by atoms with Crippen molar-refractivity contribution in [3.8, 4) is 45.5 Å². The molecule has 0 unspecified atom stereocenters. The minimum atomic E-state index is -2.20. The zero-order valence-electron chi connectivity index (χ0n) is 28.1. The Morgan fingerprint density at radius 2 is 1.31 bits per heavy atom. The molecule has 0 amide bonds. The normalized spacial score (nSPS) is 14.4. The van der Waals surface area contributed by atoms with E-state index in [1.165, 1.54) is 12.4 Å². The number of hydrogen-bond acceptors (Lipinski definition) is 4. The molecule has 0 saturated heterocycles. The van der Waals surface area contributed by atoms with Crippen LogP contribution in [0, 0.1) is 25.8 Å². The molecule has 205 valence electrons. The van der Waals surface area contributed by atoms with Gasteiger partial charge in [0, 0.05) is 52.2 Å². The van der Waals surface area contributed by atoms with E-state index in [1.54, 1.807) is 30.3 Å². The molecule has 1 radical (unpaired) electrons. The third-order valence-electron chi connectivity index (χ3n) is 7.03. The summed E-state index contributed by atoms with van der Waals surface area (Å²) in [6.45, 7) is -4.32. The number of fused-ring (bicyclic) bond motifs is 4. The maximum atomic E-state index is 7.58. The molecule has 4 aromatic carbocycles. The van der Waals surface area contributed by atoms with Crippen LogP contribution in [-0.2, 0) is 20.1 Å². The first-order chi connectivity index (χ1) is 22.6.